The van der Waals surface area contributed by atoms with Crippen molar-refractivity contribution in [2.75, 3.05) is 5.32 Å². The average Bonchev–Trinajstić information content (AvgIpc) is 3.29. The SMILES string of the molecule is Cc1ccc(-c2nc(CC(=O)Nc3cccc(-c4n[nH]c(C5CC5)n4)c3)cs2)cc1. The number of benzene rings is 2. The summed E-state index contributed by atoms with van der Waals surface area (Å²) >= 11 is 1.56. The summed E-state index contributed by atoms with van der Waals surface area (Å²) in [6, 6.07) is 15.9. The summed E-state index contributed by atoms with van der Waals surface area (Å²) in [4.78, 5) is 21.7. The number of hydrogen-bond acceptors (Lipinski definition) is 5. The number of aromatic nitrogens is 4. The van der Waals surface area contributed by atoms with E-state index in [2.05, 4.69) is 56.7 Å². The van der Waals surface area contributed by atoms with Gasteiger partial charge in [0.2, 0.25) is 5.91 Å². The van der Waals surface area contributed by atoms with Gasteiger partial charge in [0.1, 0.15) is 10.8 Å². The minimum Gasteiger partial charge on any atom is -0.326 e. The van der Waals surface area contributed by atoms with Crippen molar-refractivity contribution < 1.29 is 4.79 Å². The Morgan fingerprint density at radius 1 is 1.13 bits per heavy atom. The van der Waals surface area contributed by atoms with Crippen LogP contribution in [0.2, 0.25) is 0 Å². The fourth-order valence-corrected chi connectivity index (χ4v) is 4.09. The predicted molar refractivity (Wildman–Crippen MR) is 118 cm³/mol. The summed E-state index contributed by atoms with van der Waals surface area (Å²) in [7, 11) is 0. The zero-order valence-corrected chi connectivity index (χ0v) is 17.4. The fourth-order valence-electron chi connectivity index (χ4n) is 3.27. The van der Waals surface area contributed by atoms with Gasteiger partial charge in [-0.3, -0.25) is 9.89 Å². The first-order chi connectivity index (χ1) is 14.6. The van der Waals surface area contributed by atoms with Gasteiger partial charge in [0.05, 0.1) is 12.1 Å². The van der Waals surface area contributed by atoms with Gasteiger partial charge in [-0.2, -0.15) is 5.10 Å². The van der Waals surface area contributed by atoms with Crippen LogP contribution in [0.4, 0.5) is 5.69 Å². The van der Waals surface area contributed by atoms with Gasteiger partial charge in [0.15, 0.2) is 5.82 Å². The van der Waals surface area contributed by atoms with Gasteiger partial charge < -0.3 is 5.32 Å². The van der Waals surface area contributed by atoms with Crippen LogP contribution in [0.5, 0.6) is 0 Å². The Morgan fingerprint density at radius 2 is 1.97 bits per heavy atom. The van der Waals surface area contributed by atoms with Gasteiger partial charge in [-0.15, -0.1) is 11.3 Å². The van der Waals surface area contributed by atoms with E-state index in [1.807, 2.05) is 29.6 Å². The van der Waals surface area contributed by atoms with Gasteiger partial charge in [-0.25, -0.2) is 9.97 Å². The number of nitrogens with one attached hydrogen (secondary N) is 2. The first-order valence-electron chi connectivity index (χ1n) is 9.98. The summed E-state index contributed by atoms with van der Waals surface area (Å²) in [5.74, 6) is 2.04. The van der Waals surface area contributed by atoms with Crippen LogP contribution in [-0.4, -0.2) is 26.1 Å². The predicted octanol–water partition coefficient (Wildman–Crippen LogP) is 4.96. The van der Waals surface area contributed by atoms with E-state index in [4.69, 9.17) is 0 Å². The highest BCUT2D eigenvalue weighted by molar-refractivity contribution is 7.13. The molecule has 0 unspecified atom stereocenters. The van der Waals surface area contributed by atoms with E-state index in [0.29, 0.717) is 11.7 Å². The summed E-state index contributed by atoms with van der Waals surface area (Å²) in [6.45, 7) is 2.06. The average molecular weight is 416 g/mol. The number of anilines is 1. The number of aryl methyl sites for hydroxylation is 1. The van der Waals surface area contributed by atoms with E-state index in [-0.39, 0.29) is 12.3 Å². The molecule has 30 heavy (non-hydrogen) atoms. The van der Waals surface area contributed by atoms with Crippen LogP contribution in [0.25, 0.3) is 22.0 Å². The molecule has 0 atom stereocenters. The smallest absolute Gasteiger partial charge is 0.230 e. The molecule has 0 saturated heterocycles. The number of rotatable bonds is 6. The molecule has 0 radical (unpaired) electrons. The minimum atomic E-state index is -0.0958. The number of amides is 1. The van der Waals surface area contributed by atoms with Crippen LogP contribution < -0.4 is 5.32 Å². The molecule has 0 bridgehead atoms. The van der Waals surface area contributed by atoms with Gasteiger partial charge >= 0.3 is 0 Å². The molecule has 2 aromatic heterocycles. The second-order valence-corrected chi connectivity index (χ2v) is 8.49. The number of nitrogens with zero attached hydrogens (tertiary/aromatic N) is 3. The lowest BCUT2D eigenvalue weighted by Crippen LogP contribution is -2.14. The molecule has 6 nitrogen and oxygen atoms in total. The third kappa shape index (κ3) is 4.16. The van der Waals surface area contributed by atoms with Crippen LogP contribution in [-0.2, 0) is 11.2 Å². The Kier molecular flexibility index (Phi) is 4.88. The lowest BCUT2D eigenvalue weighted by molar-refractivity contribution is -0.115. The molecule has 0 spiro atoms. The van der Waals surface area contributed by atoms with Crippen LogP contribution in [0, 0.1) is 6.92 Å². The van der Waals surface area contributed by atoms with Gasteiger partial charge in [-0.05, 0) is 31.9 Å². The summed E-state index contributed by atoms with van der Waals surface area (Å²) < 4.78 is 0. The Balaban J connectivity index is 1.25. The summed E-state index contributed by atoms with van der Waals surface area (Å²) in [5.41, 5.74) is 4.66. The molecule has 1 saturated carbocycles. The van der Waals surface area contributed by atoms with E-state index >= 15 is 0 Å². The second kappa shape index (κ2) is 7.84. The van der Waals surface area contributed by atoms with Crippen molar-refractivity contribution in [3.8, 4) is 22.0 Å². The summed E-state index contributed by atoms with van der Waals surface area (Å²) in [6.07, 6.45) is 2.58. The van der Waals surface area contributed by atoms with Crippen molar-refractivity contribution in [3.63, 3.8) is 0 Å². The summed E-state index contributed by atoms with van der Waals surface area (Å²) in [5, 5.41) is 13.2. The molecule has 4 aromatic rings. The standard InChI is InChI=1S/C23H21N5OS/c1-14-5-7-16(8-6-14)23-25-19(13-30-23)12-20(29)24-18-4-2-3-17(11-18)22-26-21(27-28-22)15-9-10-15/h2-8,11,13,15H,9-10,12H2,1H3,(H,24,29)(H,26,27,28). The third-order valence-electron chi connectivity index (χ3n) is 5.06. The molecule has 1 aliphatic rings. The Bertz CT molecular complexity index is 1190. The molecule has 150 valence electrons. The van der Waals surface area contributed by atoms with Gasteiger partial charge in [0, 0.05) is 28.1 Å². The minimum absolute atomic E-state index is 0.0958. The zero-order valence-electron chi connectivity index (χ0n) is 16.6. The van der Waals surface area contributed by atoms with Crippen LogP contribution in [0.15, 0.2) is 53.9 Å². The molecular weight excluding hydrogens is 394 g/mol. The Labute approximate surface area is 178 Å². The maximum atomic E-state index is 12.5. The van der Waals surface area contributed by atoms with Crippen LogP contribution in [0.1, 0.15) is 35.8 Å². The number of hydrogen-bond donors (Lipinski definition) is 2. The Hall–Kier alpha value is -3.32. The highest BCUT2D eigenvalue weighted by Gasteiger charge is 2.27. The monoisotopic (exact) mass is 415 g/mol. The molecule has 1 amide bonds. The van der Waals surface area contributed by atoms with Crippen LogP contribution >= 0.6 is 11.3 Å². The maximum absolute atomic E-state index is 12.5. The number of carbonyl (C=O) groups excluding carboxylic acids is 1. The van der Waals surface area contributed by atoms with Crippen molar-refractivity contribution >= 4 is 22.9 Å². The highest BCUT2D eigenvalue weighted by Crippen LogP contribution is 2.38. The van der Waals surface area contributed by atoms with Crippen molar-refractivity contribution in [2.45, 2.75) is 32.1 Å². The second-order valence-electron chi connectivity index (χ2n) is 7.63. The molecular formula is C23H21N5OS. The molecule has 5 rings (SSSR count). The molecule has 2 aromatic carbocycles. The third-order valence-corrected chi connectivity index (χ3v) is 6.00. The lowest BCUT2D eigenvalue weighted by atomic mass is 10.1. The first kappa shape index (κ1) is 18.7. The molecule has 1 fully saturated rings. The zero-order chi connectivity index (χ0) is 20.5. The molecule has 0 aliphatic heterocycles. The van der Waals surface area contributed by atoms with Crippen molar-refractivity contribution in [3.05, 3.63) is 71.0 Å². The Morgan fingerprint density at radius 3 is 2.77 bits per heavy atom. The topological polar surface area (TPSA) is 83.6 Å². The van der Waals surface area contributed by atoms with Crippen molar-refractivity contribution in [1.82, 2.24) is 20.2 Å². The quantitative estimate of drug-likeness (QED) is 0.466. The van der Waals surface area contributed by atoms with Crippen molar-refractivity contribution in [2.24, 2.45) is 0 Å². The molecule has 2 heterocycles. The van der Waals surface area contributed by atoms with Gasteiger partial charge in [-0.1, -0.05) is 42.0 Å². The van der Waals surface area contributed by atoms with E-state index in [1.54, 1.807) is 11.3 Å². The number of aromatic amines is 1. The van der Waals surface area contributed by atoms with E-state index in [9.17, 15) is 4.79 Å². The number of thiazole rings is 1. The van der Waals surface area contributed by atoms with E-state index in [0.717, 1.165) is 33.3 Å². The number of H-pyrrole nitrogens is 1. The lowest BCUT2D eigenvalue weighted by Gasteiger charge is -2.05. The fraction of sp³-hybridized carbons (Fsp3) is 0.217. The number of carbonyl (C=O) groups is 1. The van der Waals surface area contributed by atoms with E-state index < -0.39 is 0 Å². The van der Waals surface area contributed by atoms with Gasteiger partial charge in [0.25, 0.3) is 0 Å². The molecule has 7 heteroatoms. The molecule has 2 N–H and O–H groups in total. The van der Waals surface area contributed by atoms with Crippen LogP contribution in [0.3, 0.4) is 0 Å². The largest absolute Gasteiger partial charge is 0.326 e. The molecule has 1 aliphatic carbocycles. The normalized spacial score (nSPS) is 13.4. The maximum Gasteiger partial charge on any atom is 0.230 e. The first-order valence-corrected chi connectivity index (χ1v) is 10.9. The highest BCUT2D eigenvalue weighted by atomic mass is 32.1. The van der Waals surface area contributed by atoms with E-state index in [1.165, 1.54) is 18.4 Å². The van der Waals surface area contributed by atoms with Crippen molar-refractivity contribution in [1.29, 1.82) is 0 Å².